The van der Waals surface area contributed by atoms with Crippen LogP contribution in [-0.2, 0) is 48.2 Å². The number of nitrogens with one attached hydrogen (secondary N) is 1. The minimum absolute atomic E-state index is 0.0180. The molecule has 0 aliphatic carbocycles. The zero-order valence-corrected chi connectivity index (χ0v) is 47.4. The van der Waals surface area contributed by atoms with Gasteiger partial charge in [-0.1, -0.05) is 0 Å². The van der Waals surface area contributed by atoms with Crippen molar-refractivity contribution in [2.24, 2.45) is 0 Å². The van der Waals surface area contributed by atoms with E-state index in [4.69, 9.17) is 35.6 Å². The van der Waals surface area contributed by atoms with E-state index in [2.05, 4.69) is 24.9 Å². The fraction of sp³-hybridized carbons (Fsp3) is 0.917. The molecule has 3 fully saturated rings. The molecule has 35 heteroatoms. The standard InChI is InChI=1S/C24H49N5O13.C24H47N5O12/c30-4-8-40-5-1-25-23(35)13-28-11-20(16-32)26(2-6-41-38)9-19(15-31)27(3-7-42-39)10-21(17-33)29(14-24(36)37)12-22(28)18-34;30-15-19-9-26(3-7-40-37)20(16-31)11-28(13-23(34)25-1-5-39-6-2-25)22(18-33)12-29(14-24(35)36)21(17-32)10-27(19)4-8-41-38/h19-22,30-34,38-39H,1-18H2,(H,25,35)(H,36,37);19-22,30-33,37-38H,1-18H2,(H,35,36). The third kappa shape index (κ3) is 28.5. The topological polar surface area (TPSA) is 468 Å². The largest absolute Gasteiger partial charge is 0.480 e. The highest BCUT2D eigenvalue weighted by molar-refractivity contribution is 5.78. The molecular formula is C48H96N10O25. The summed E-state index contributed by atoms with van der Waals surface area (Å²) in [7, 11) is 0. The number of amides is 2. The van der Waals surface area contributed by atoms with Gasteiger partial charge in [0.05, 0.1) is 138 Å². The van der Waals surface area contributed by atoms with Crippen molar-refractivity contribution in [3.8, 4) is 0 Å². The van der Waals surface area contributed by atoms with Gasteiger partial charge in [0.25, 0.3) is 0 Å². The third-order valence-corrected chi connectivity index (χ3v) is 14.8. The Bertz CT molecular complexity index is 1710. The lowest BCUT2D eigenvalue weighted by Gasteiger charge is -2.45. The number of rotatable bonds is 33. The SMILES string of the molecule is O=C(O)CN1CC(CO)N(CC(=O)N2CCOCC2)CC(CO)N(CCOO)CC(CO)N(CCOO)CC1CO.O=C(O)CN1CC(CO)N(CC(=O)NCCOCCO)CC(CO)N(CCOO)CC(CO)N(CCOO)CC1CO. The van der Waals surface area contributed by atoms with Gasteiger partial charge in [0.15, 0.2) is 0 Å². The fourth-order valence-electron chi connectivity index (χ4n) is 10.3. The normalized spacial score (nSPS) is 25.6. The molecule has 3 aliphatic rings. The van der Waals surface area contributed by atoms with Gasteiger partial charge in [0, 0.05) is 147 Å². The number of morpholine rings is 1. The smallest absolute Gasteiger partial charge is 0.317 e. The second-order valence-electron chi connectivity index (χ2n) is 20.2. The van der Waals surface area contributed by atoms with Crippen LogP contribution in [0.3, 0.4) is 0 Å². The molecule has 0 aromatic heterocycles. The van der Waals surface area contributed by atoms with Crippen molar-refractivity contribution in [1.29, 1.82) is 0 Å². The van der Waals surface area contributed by atoms with Crippen LogP contribution in [0.5, 0.6) is 0 Å². The van der Waals surface area contributed by atoms with Gasteiger partial charge in [-0.05, 0) is 0 Å². The van der Waals surface area contributed by atoms with Crippen LogP contribution in [0.1, 0.15) is 0 Å². The van der Waals surface area contributed by atoms with Gasteiger partial charge >= 0.3 is 11.9 Å². The molecule has 488 valence electrons. The van der Waals surface area contributed by atoms with Crippen LogP contribution in [0.2, 0.25) is 0 Å². The quantitative estimate of drug-likeness (QED) is 0.0165. The second kappa shape index (κ2) is 45.1. The van der Waals surface area contributed by atoms with Crippen molar-refractivity contribution in [3.63, 3.8) is 0 Å². The lowest BCUT2D eigenvalue weighted by molar-refractivity contribution is -0.247. The molecule has 0 aromatic carbocycles. The van der Waals surface area contributed by atoms with Crippen molar-refractivity contribution < 1.29 is 125 Å². The molecule has 0 spiro atoms. The number of carboxylic acid groups (broad SMARTS) is 2. The summed E-state index contributed by atoms with van der Waals surface area (Å²) in [5.74, 6) is -2.98. The van der Waals surface area contributed by atoms with Crippen molar-refractivity contribution in [1.82, 2.24) is 49.4 Å². The van der Waals surface area contributed by atoms with Gasteiger partial charge in [-0.3, -0.25) is 79.4 Å². The highest BCUT2D eigenvalue weighted by Gasteiger charge is 2.38. The molecule has 3 heterocycles. The van der Waals surface area contributed by atoms with Crippen molar-refractivity contribution in [2.75, 3.05) is 237 Å². The molecule has 0 bridgehead atoms. The van der Waals surface area contributed by atoms with E-state index in [1.165, 1.54) is 9.80 Å². The summed E-state index contributed by atoms with van der Waals surface area (Å²) in [6.45, 7) is -2.55. The molecule has 8 unspecified atom stereocenters. The maximum absolute atomic E-state index is 13.3. The maximum atomic E-state index is 13.3. The van der Waals surface area contributed by atoms with E-state index in [1.54, 1.807) is 34.3 Å². The van der Waals surface area contributed by atoms with E-state index < -0.39 is 112 Å². The van der Waals surface area contributed by atoms with Crippen molar-refractivity contribution >= 4 is 23.8 Å². The average Bonchev–Trinajstić information content (AvgIpc) is 3.63. The lowest BCUT2D eigenvalue weighted by atomic mass is 10.1. The Balaban J connectivity index is 0.000000567. The molecule has 0 saturated carbocycles. The van der Waals surface area contributed by atoms with Gasteiger partial charge < -0.3 is 75.9 Å². The van der Waals surface area contributed by atoms with E-state index in [0.29, 0.717) is 26.3 Å². The first-order valence-electron chi connectivity index (χ1n) is 27.7. The van der Waals surface area contributed by atoms with Crippen LogP contribution in [0.4, 0.5) is 0 Å². The Morgan fingerprint density at radius 1 is 0.398 bits per heavy atom. The monoisotopic (exact) mass is 1210 g/mol. The van der Waals surface area contributed by atoms with Crippen LogP contribution in [0.15, 0.2) is 0 Å². The van der Waals surface area contributed by atoms with Crippen LogP contribution in [-0.4, -0.2) is 430 Å². The third-order valence-electron chi connectivity index (χ3n) is 14.8. The second-order valence-corrected chi connectivity index (χ2v) is 20.2. The minimum atomic E-state index is -1.18. The van der Waals surface area contributed by atoms with E-state index >= 15 is 0 Å². The van der Waals surface area contributed by atoms with E-state index in [1.807, 2.05) is 0 Å². The summed E-state index contributed by atoms with van der Waals surface area (Å²) in [6, 6.07) is -5.67. The Hall–Kier alpha value is -3.20. The van der Waals surface area contributed by atoms with Crippen LogP contribution >= 0.6 is 0 Å². The van der Waals surface area contributed by atoms with Gasteiger partial charge in [-0.15, -0.1) is 0 Å². The van der Waals surface area contributed by atoms with Gasteiger partial charge in [0.1, 0.15) is 0 Å². The van der Waals surface area contributed by atoms with Crippen LogP contribution in [0.25, 0.3) is 0 Å². The van der Waals surface area contributed by atoms with E-state index in [9.17, 15) is 70.2 Å². The molecule has 3 rings (SSSR count). The summed E-state index contributed by atoms with van der Waals surface area (Å²) in [4.78, 5) is 81.7. The first-order valence-corrected chi connectivity index (χ1v) is 27.7. The van der Waals surface area contributed by atoms with Crippen molar-refractivity contribution in [3.05, 3.63) is 0 Å². The molecule has 16 N–H and O–H groups in total. The zero-order valence-electron chi connectivity index (χ0n) is 47.4. The molecule has 35 nitrogen and oxygen atoms in total. The predicted octanol–water partition coefficient (Wildman–Crippen LogP) is -9.59. The predicted molar refractivity (Wildman–Crippen MR) is 287 cm³/mol. The summed E-state index contributed by atoms with van der Waals surface area (Å²) in [5, 5.41) is 150. The maximum Gasteiger partial charge on any atom is 0.317 e. The molecule has 8 atom stereocenters. The Morgan fingerprint density at radius 3 is 0.976 bits per heavy atom. The van der Waals surface area contributed by atoms with Crippen molar-refractivity contribution in [2.45, 2.75) is 48.3 Å². The number of hydrogen-bond donors (Lipinski definition) is 16. The molecule has 3 aliphatic heterocycles. The Labute approximate surface area is 482 Å². The first kappa shape index (κ1) is 75.9. The van der Waals surface area contributed by atoms with E-state index in [0.717, 1.165) is 0 Å². The molecule has 0 aromatic rings. The average molecular weight is 1210 g/mol. The highest BCUT2D eigenvalue weighted by Crippen LogP contribution is 2.19. The Kier molecular flexibility index (Phi) is 41.3. The molecule has 3 saturated heterocycles. The summed E-state index contributed by atoms with van der Waals surface area (Å²) >= 11 is 0. The highest BCUT2D eigenvalue weighted by atomic mass is 17.1. The summed E-state index contributed by atoms with van der Waals surface area (Å²) in [6.07, 6.45) is 0. The Morgan fingerprint density at radius 2 is 0.687 bits per heavy atom. The lowest BCUT2D eigenvalue weighted by Crippen LogP contribution is -2.62. The number of carbonyl (C=O) groups is 4. The number of carboxylic acids is 2. The summed E-state index contributed by atoms with van der Waals surface area (Å²) in [5.41, 5.74) is 0. The number of aliphatic hydroxyl groups excluding tert-OH is 9. The number of hydrogen-bond acceptors (Lipinski definition) is 31. The molecule has 83 heavy (non-hydrogen) atoms. The molecule has 0 radical (unpaired) electrons. The molecular weight excluding hydrogens is 1120 g/mol. The number of aliphatic hydroxyl groups is 9. The van der Waals surface area contributed by atoms with Gasteiger partial charge in [0.2, 0.25) is 11.8 Å². The summed E-state index contributed by atoms with van der Waals surface area (Å²) < 4.78 is 10.5. The van der Waals surface area contributed by atoms with E-state index in [-0.39, 0.29) is 170 Å². The van der Waals surface area contributed by atoms with Gasteiger partial charge in [-0.25, -0.2) is 19.6 Å². The first-order chi connectivity index (χ1) is 40.1. The number of carbonyl (C=O) groups excluding carboxylic acids is 2. The fourth-order valence-corrected chi connectivity index (χ4v) is 10.3. The zero-order chi connectivity index (χ0) is 61.5. The minimum Gasteiger partial charge on any atom is -0.480 e. The van der Waals surface area contributed by atoms with Gasteiger partial charge in [-0.2, -0.15) is 0 Å². The van der Waals surface area contributed by atoms with Crippen LogP contribution < -0.4 is 5.32 Å². The van der Waals surface area contributed by atoms with Crippen LogP contribution in [0, 0.1) is 0 Å². The number of ether oxygens (including phenoxy) is 2. The molecule has 2 amide bonds. The number of aliphatic carboxylic acids is 2. The number of nitrogens with zero attached hydrogens (tertiary/aromatic N) is 9.